The third-order valence-electron chi connectivity index (χ3n) is 5.76. The Morgan fingerprint density at radius 1 is 1.22 bits per heavy atom. The number of halogens is 4. The molecule has 0 spiro atoms. The molecule has 2 N–H and O–H groups in total. The molecule has 0 unspecified atom stereocenters. The van der Waals surface area contributed by atoms with Crippen molar-refractivity contribution in [1.29, 1.82) is 0 Å². The van der Waals surface area contributed by atoms with E-state index in [1.54, 1.807) is 20.8 Å². The molecule has 1 aromatic carbocycles. The lowest BCUT2D eigenvalue weighted by molar-refractivity contribution is 0.0156. The average molecular weight is 550 g/mol. The highest BCUT2D eigenvalue weighted by Gasteiger charge is 2.36. The minimum Gasteiger partial charge on any atom is -0.444 e. The van der Waals surface area contributed by atoms with Crippen molar-refractivity contribution in [3.8, 4) is 11.3 Å². The maximum absolute atomic E-state index is 15.7. The number of nitrogens with two attached hydrogens (primary N) is 1. The average Bonchev–Trinajstić information content (AvgIpc) is 2.83. The zero-order valence-corrected chi connectivity index (χ0v) is 21.7. The van der Waals surface area contributed by atoms with Gasteiger partial charge < -0.3 is 20.2 Å². The van der Waals surface area contributed by atoms with Crippen LogP contribution in [0, 0.1) is 18.2 Å². The fraction of sp³-hybridized carbons (Fsp3) is 0.375. The van der Waals surface area contributed by atoms with Gasteiger partial charge in [-0.05, 0) is 26.8 Å². The topological polar surface area (TPSA) is 102 Å². The molecule has 0 radical (unpaired) electrons. The van der Waals surface area contributed by atoms with Crippen LogP contribution in [0.5, 0.6) is 0 Å². The lowest BCUT2D eigenvalue weighted by Gasteiger charge is -2.40. The summed E-state index contributed by atoms with van der Waals surface area (Å²) in [6.07, 6.45) is 1.99. The maximum Gasteiger partial charge on any atom is 0.410 e. The van der Waals surface area contributed by atoms with E-state index in [1.807, 2.05) is 4.90 Å². The van der Waals surface area contributed by atoms with Gasteiger partial charge in [0, 0.05) is 25.8 Å². The number of carbonyl (C=O) groups is 1. The number of nitrogens with zero attached hydrogens (tertiary/aromatic N) is 6. The van der Waals surface area contributed by atoms with Gasteiger partial charge in [0.25, 0.3) is 0 Å². The number of anilines is 2. The van der Waals surface area contributed by atoms with Crippen molar-refractivity contribution >= 4 is 51.7 Å². The van der Waals surface area contributed by atoms with Gasteiger partial charge in [-0.2, -0.15) is 0 Å². The highest BCUT2D eigenvalue weighted by atomic mass is 35.5. The highest BCUT2D eigenvalue weighted by Crippen LogP contribution is 2.40. The van der Waals surface area contributed by atoms with Crippen LogP contribution in [0.3, 0.4) is 0 Å². The van der Waals surface area contributed by atoms with E-state index in [0.717, 1.165) is 6.07 Å². The molecule has 0 saturated carbocycles. The number of carbonyl (C=O) groups excluding carboxylic acids is 1. The number of piperazine rings is 1. The lowest BCUT2D eigenvalue weighted by Crippen LogP contribution is -2.57. The molecule has 0 aliphatic carbocycles. The number of amides is 1. The monoisotopic (exact) mass is 549 g/mol. The van der Waals surface area contributed by atoms with Crippen molar-refractivity contribution in [2.24, 2.45) is 0 Å². The van der Waals surface area contributed by atoms with Crippen molar-refractivity contribution in [3.05, 3.63) is 51.7 Å². The summed E-state index contributed by atoms with van der Waals surface area (Å²) in [5.41, 5.74) is 4.17. The number of aromatic nitrogens is 3. The molecule has 4 rings (SSSR count). The van der Waals surface area contributed by atoms with Gasteiger partial charge in [0.15, 0.2) is 11.6 Å². The molecule has 1 fully saturated rings. The van der Waals surface area contributed by atoms with Gasteiger partial charge in [-0.25, -0.2) is 30.1 Å². The van der Waals surface area contributed by atoms with E-state index >= 15 is 4.39 Å². The van der Waals surface area contributed by atoms with Crippen LogP contribution in [0.1, 0.15) is 20.8 Å². The molecular formula is C24H23Cl2F2N7O2. The number of fused-ring (bicyclic) bond motifs is 1. The molecule has 9 nitrogen and oxygen atoms in total. The van der Waals surface area contributed by atoms with Gasteiger partial charge in [-0.1, -0.05) is 23.2 Å². The predicted molar refractivity (Wildman–Crippen MR) is 138 cm³/mol. The number of rotatable bonds is 3. The predicted octanol–water partition coefficient (Wildman–Crippen LogP) is 5.20. The molecule has 3 aromatic rings. The SMILES string of the molecule is [C-]#[N+]C[C@H]1CN(c2ncnc3c(F)c(-c4c(N)c(Cl)cc(Cl)c4F)ncc23)CCN1C(=O)OC(C)(C)C. The Labute approximate surface area is 222 Å². The number of benzene rings is 1. The molecule has 1 atom stereocenters. The minimum absolute atomic E-state index is 0.0419. The Balaban J connectivity index is 1.72. The van der Waals surface area contributed by atoms with Crippen molar-refractivity contribution in [2.75, 3.05) is 36.8 Å². The zero-order chi connectivity index (χ0) is 27.1. The molecular weight excluding hydrogens is 527 g/mol. The normalized spacial score (nSPS) is 16.1. The minimum atomic E-state index is -0.955. The first kappa shape index (κ1) is 26.6. The zero-order valence-electron chi connectivity index (χ0n) is 20.2. The van der Waals surface area contributed by atoms with E-state index in [4.69, 9.17) is 40.2 Å². The summed E-state index contributed by atoms with van der Waals surface area (Å²) >= 11 is 11.9. The Hall–Kier alpha value is -3.49. The Morgan fingerprint density at radius 3 is 2.62 bits per heavy atom. The molecule has 0 bridgehead atoms. The van der Waals surface area contributed by atoms with Gasteiger partial charge >= 0.3 is 6.09 Å². The van der Waals surface area contributed by atoms with E-state index in [-0.39, 0.29) is 51.8 Å². The Kier molecular flexibility index (Phi) is 7.26. The second-order valence-corrected chi connectivity index (χ2v) is 10.3. The molecule has 37 heavy (non-hydrogen) atoms. The van der Waals surface area contributed by atoms with Crippen LogP contribution in [0.4, 0.5) is 25.1 Å². The van der Waals surface area contributed by atoms with Gasteiger partial charge in [0.05, 0.1) is 26.7 Å². The van der Waals surface area contributed by atoms with Crippen LogP contribution >= 0.6 is 23.2 Å². The third-order valence-corrected chi connectivity index (χ3v) is 6.35. The van der Waals surface area contributed by atoms with Crippen LogP contribution < -0.4 is 10.6 Å². The third kappa shape index (κ3) is 5.17. The van der Waals surface area contributed by atoms with Crippen LogP contribution in [0.25, 0.3) is 27.0 Å². The molecule has 1 saturated heterocycles. The van der Waals surface area contributed by atoms with E-state index in [9.17, 15) is 9.18 Å². The van der Waals surface area contributed by atoms with E-state index in [1.165, 1.54) is 17.4 Å². The quantitative estimate of drug-likeness (QED) is 0.272. The van der Waals surface area contributed by atoms with Gasteiger partial charge in [0.2, 0.25) is 6.54 Å². The number of hydrogen-bond acceptors (Lipinski definition) is 7. The second kappa shape index (κ2) is 10.1. The maximum atomic E-state index is 15.7. The fourth-order valence-electron chi connectivity index (χ4n) is 4.12. The summed E-state index contributed by atoms with van der Waals surface area (Å²) in [7, 11) is 0. The lowest BCUT2D eigenvalue weighted by atomic mass is 10.1. The molecule has 2 aromatic heterocycles. The summed E-state index contributed by atoms with van der Waals surface area (Å²) in [6.45, 7) is 13.5. The summed E-state index contributed by atoms with van der Waals surface area (Å²) in [5.74, 6) is -1.52. The van der Waals surface area contributed by atoms with Crippen LogP contribution in [0.15, 0.2) is 18.6 Å². The standard InChI is InChI=1S/C24H23Cl2F2N7O2/c1-24(2,3)37-23(36)35-6-5-34(10-12(35)8-30-4)22-13-9-31-21(18(28)20(13)32-11-33-22)16-17(27)14(25)7-15(26)19(16)29/h7,9,11-12H,5-6,8,10,29H2,1-3H3/t12-/m0/s1. The van der Waals surface area contributed by atoms with Crippen molar-refractivity contribution in [3.63, 3.8) is 0 Å². The van der Waals surface area contributed by atoms with Crippen molar-refractivity contribution < 1.29 is 18.3 Å². The highest BCUT2D eigenvalue weighted by molar-refractivity contribution is 6.37. The van der Waals surface area contributed by atoms with E-state index in [2.05, 4.69) is 19.8 Å². The van der Waals surface area contributed by atoms with Crippen molar-refractivity contribution in [1.82, 2.24) is 19.9 Å². The molecule has 1 amide bonds. The van der Waals surface area contributed by atoms with Gasteiger partial charge in [-0.15, -0.1) is 0 Å². The molecule has 1 aliphatic rings. The fourth-order valence-corrected chi connectivity index (χ4v) is 4.58. The number of hydrogen-bond donors (Lipinski definition) is 1. The first-order valence-electron chi connectivity index (χ1n) is 11.2. The molecule has 1 aliphatic heterocycles. The first-order valence-corrected chi connectivity index (χ1v) is 12.0. The number of nitrogen functional groups attached to an aromatic ring is 1. The van der Waals surface area contributed by atoms with Crippen LogP contribution in [0.2, 0.25) is 10.0 Å². The Bertz CT molecular complexity index is 1400. The van der Waals surface area contributed by atoms with Crippen LogP contribution in [-0.2, 0) is 4.74 Å². The van der Waals surface area contributed by atoms with E-state index < -0.39 is 35.1 Å². The second-order valence-electron chi connectivity index (χ2n) is 9.44. The molecule has 194 valence electrons. The van der Waals surface area contributed by atoms with Crippen molar-refractivity contribution in [2.45, 2.75) is 32.4 Å². The first-order chi connectivity index (χ1) is 17.4. The van der Waals surface area contributed by atoms with Crippen LogP contribution in [-0.4, -0.2) is 63.8 Å². The van der Waals surface area contributed by atoms with Gasteiger partial charge in [-0.3, -0.25) is 9.88 Å². The van der Waals surface area contributed by atoms with Gasteiger partial charge in [0.1, 0.15) is 35.0 Å². The number of ether oxygens (including phenoxy) is 1. The summed E-state index contributed by atoms with van der Waals surface area (Å²) in [6, 6.07) is 0.651. The summed E-state index contributed by atoms with van der Waals surface area (Å²) in [4.78, 5) is 32.0. The molecule has 13 heteroatoms. The Morgan fingerprint density at radius 2 is 1.95 bits per heavy atom. The number of pyridine rings is 1. The molecule has 3 heterocycles. The largest absolute Gasteiger partial charge is 0.444 e. The summed E-state index contributed by atoms with van der Waals surface area (Å²) < 4.78 is 36.0. The summed E-state index contributed by atoms with van der Waals surface area (Å²) in [5, 5.41) is -0.101. The smallest absolute Gasteiger partial charge is 0.410 e. The van der Waals surface area contributed by atoms with E-state index in [0.29, 0.717) is 12.4 Å².